The lowest BCUT2D eigenvalue weighted by Gasteiger charge is -2.04. The molecule has 0 amide bonds. The van der Waals surface area contributed by atoms with Gasteiger partial charge in [-0.15, -0.1) is 5.10 Å². The second-order valence-electron chi connectivity index (χ2n) is 6.29. The van der Waals surface area contributed by atoms with E-state index in [1.165, 1.54) is 10.8 Å². The highest BCUT2D eigenvalue weighted by Gasteiger charge is 2.18. The van der Waals surface area contributed by atoms with Crippen LogP contribution in [0.2, 0.25) is 0 Å². The van der Waals surface area contributed by atoms with Crippen LogP contribution in [0.3, 0.4) is 0 Å². The van der Waals surface area contributed by atoms with Gasteiger partial charge >= 0.3 is 0 Å². The molecule has 0 fully saturated rings. The molecule has 4 aromatic rings. The zero-order valence-corrected chi connectivity index (χ0v) is 15.0. The molecule has 0 aromatic carbocycles. The predicted molar refractivity (Wildman–Crippen MR) is 95.8 cm³/mol. The van der Waals surface area contributed by atoms with Crippen LogP contribution in [-0.2, 0) is 17.8 Å². The summed E-state index contributed by atoms with van der Waals surface area (Å²) in [6.07, 6.45) is 7.84. The Kier molecular flexibility index (Phi) is 4.15. The molecule has 138 valence electrons. The lowest BCUT2D eigenvalue weighted by molar-refractivity contribution is -0.116. The molecule has 4 heterocycles. The van der Waals surface area contributed by atoms with Gasteiger partial charge in [0.05, 0.1) is 12.4 Å². The van der Waals surface area contributed by atoms with E-state index in [4.69, 9.17) is 10.2 Å². The van der Waals surface area contributed by atoms with Crippen LogP contribution in [0.5, 0.6) is 0 Å². The molecular formula is C17H18N8O2. The summed E-state index contributed by atoms with van der Waals surface area (Å²) in [6, 6.07) is 0. The molecule has 0 spiro atoms. The number of carbonyl (C=O) groups is 1. The molecule has 0 aliphatic heterocycles. The highest BCUT2D eigenvalue weighted by molar-refractivity contribution is 5.75. The van der Waals surface area contributed by atoms with Gasteiger partial charge in [0, 0.05) is 18.2 Å². The van der Waals surface area contributed by atoms with Gasteiger partial charge in [0.15, 0.2) is 11.5 Å². The number of rotatable bonds is 6. The molecule has 0 bridgehead atoms. The quantitative estimate of drug-likeness (QED) is 0.542. The van der Waals surface area contributed by atoms with Crippen molar-refractivity contribution < 1.29 is 9.21 Å². The minimum absolute atomic E-state index is 0.157. The maximum absolute atomic E-state index is 11.1. The summed E-state index contributed by atoms with van der Waals surface area (Å²) in [5.74, 6) is 1.29. The number of nitrogen functional groups attached to an aromatic ring is 1. The van der Waals surface area contributed by atoms with E-state index in [2.05, 4.69) is 25.1 Å². The van der Waals surface area contributed by atoms with Crippen LogP contribution in [0.15, 0.2) is 29.3 Å². The number of hydrogen-bond acceptors (Lipinski definition) is 8. The molecule has 0 aliphatic carbocycles. The van der Waals surface area contributed by atoms with E-state index in [0.29, 0.717) is 42.4 Å². The predicted octanol–water partition coefficient (Wildman–Crippen LogP) is 1.44. The number of anilines is 1. The molecule has 10 nitrogen and oxygen atoms in total. The van der Waals surface area contributed by atoms with Gasteiger partial charge in [-0.25, -0.2) is 15.0 Å². The average Bonchev–Trinajstić information content (AvgIpc) is 3.37. The summed E-state index contributed by atoms with van der Waals surface area (Å²) in [5.41, 5.74) is 8.93. The maximum Gasteiger partial charge on any atom is 0.245 e. The van der Waals surface area contributed by atoms with E-state index in [-0.39, 0.29) is 11.7 Å². The number of fused-ring (bicyclic) bond motifs is 1. The number of aromatic nitrogens is 7. The molecule has 10 heteroatoms. The summed E-state index contributed by atoms with van der Waals surface area (Å²) < 4.78 is 8.56. The van der Waals surface area contributed by atoms with Crippen molar-refractivity contribution >= 4 is 17.4 Å². The van der Waals surface area contributed by atoms with Crippen LogP contribution in [0.4, 0.5) is 5.95 Å². The molecular weight excluding hydrogens is 348 g/mol. The number of nitrogens with zero attached hydrogens (tertiary/aromatic N) is 7. The third kappa shape index (κ3) is 3.28. The van der Waals surface area contributed by atoms with Crippen molar-refractivity contribution in [2.24, 2.45) is 0 Å². The highest BCUT2D eigenvalue weighted by atomic mass is 16.3. The zero-order chi connectivity index (χ0) is 19.0. The van der Waals surface area contributed by atoms with Crippen LogP contribution in [0, 0.1) is 6.92 Å². The smallest absolute Gasteiger partial charge is 0.245 e. The highest BCUT2D eigenvalue weighted by Crippen LogP contribution is 2.24. The molecule has 0 saturated carbocycles. The topological polar surface area (TPSA) is 130 Å². The van der Waals surface area contributed by atoms with Crippen LogP contribution >= 0.6 is 0 Å². The summed E-state index contributed by atoms with van der Waals surface area (Å²) in [7, 11) is 0. The minimum Gasteiger partial charge on any atom is -0.443 e. The Morgan fingerprint density at radius 1 is 1.33 bits per heavy atom. The van der Waals surface area contributed by atoms with Gasteiger partial charge in [-0.05, 0) is 25.8 Å². The summed E-state index contributed by atoms with van der Waals surface area (Å²) >= 11 is 0. The van der Waals surface area contributed by atoms with Gasteiger partial charge in [0.1, 0.15) is 24.3 Å². The van der Waals surface area contributed by atoms with Crippen LogP contribution in [0.1, 0.15) is 30.3 Å². The maximum atomic E-state index is 11.1. The Bertz CT molecular complexity index is 1110. The number of nitrogens with two attached hydrogens (primary N) is 1. The first-order valence-corrected chi connectivity index (χ1v) is 8.43. The molecule has 4 aromatic heterocycles. The average molecular weight is 366 g/mol. The van der Waals surface area contributed by atoms with Gasteiger partial charge in [-0.2, -0.15) is 9.61 Å². The van der Waals surface area contributed by atoms with Crippen molar-refractivity contribution in [1.29, 1.82) is 0 Å². The first kappa shape index (κ1) is 16.9. The first-order chi connectivity index (χ1) is 13.0. The van der Waals surface area contributed by atoms with Crippen molar-refractivity contribution in [3.63, 3.8) is 0 Å². The first-order valence-electron chi connectivity index (χ1n) is 8.43. The SMILES string of the molecule is CC(=O)CCc1cnn(Cc2nc3c(C)c(-c4ncco4)nc(N)n3n2)c1. The summed E-state index contributed by atoms with van der Waals surface area (Å²) in [6.45, 7) is 3.83. The van der Waals surface area contributed by atoms with Crippen LogP contribution in [0.25, 0.3) is 17.2 Å². The van der Waals surface area contributed by atoms with E-state index in [1.807, 2.05) is 13.1 Å². The molecule has 0 saturated heterocycles. The van der Waals surface area contributed by atoms with E-state index in [9.17, 15) is 4.79 Å². The van der Waals surface area contributed by atoms with Gasteiger partial charge in [0.2, 0.25) is 11.8 Å². The third-order valence-corrected chi connectivity index (χ3v) is 4.18. The van der Waals surface area contributed by atoms with Crippen molar-refractivity contribution in [2.75, 3.05) is 5.73 Å². The number of hydrogen-bond donors (Lipinski definition) is 1. The van der Waals surface area contributed by atoms with E-state index < -0.39 is 0 Å². The fourth-order valence-electron chi connectivity index (χ4n) is 2.81. The monoisotopic (exact) mass is 366 g/mol. The van der Waals surface area contributed by atoms with Crippen molar-refractivity contribution in [2.45, 2.75) is 33.2 Å². The van der Waals surface area contributed by atoms with Gasteiger partial charge in [-0.1, -0.05) is 0 Å². The second kappa shape index (κ2) is 6.63. The standard InChI is InChI=1S/C17H18N8O2/c1-10(26)3-4-12-7-20-24(8-12)9-13-21-15-11(2)14(16-19-5-6-27-16)22-17(18)25(15)23-13/h5-8H,3-4,9H2,1-2H3,(H2,18,22). The van der Waals surface area contributed by atoms with Crippen LogP contribution in [-0.4, -0.2) is 40.1 Å². The summed E-state index contributed by atoms with van der Waals surface area (Å²) in [5, 5.41) is 8.73. The van der Waals surface area contributed by atoms with E-state index in [0.717, 1.165) is 11.1 Å². The molecule has 4 rings (SSSR count). The Labute approximate surface area is 154 Å². The molecule has 27 heavy (non-hydrogen) atoms. The molecule has 0 unspecified atom stereocenters. The van der Waals surface area contributed by atoms with Gasteiger partial charge in [0.25, 0.3) is 0 Å². The normalized spacial score (nSPS) is 11.3. The molecule has 0 aliphatic rings. The number of aryl methyl sites for hydroxylation is 2. The third-order valence-electron chi connectivity index (χ3n) is 4.18. The van der Waals surface area contributed by atoms with Crippen molar-refractivity contribution in [3.05, 3.63) is 41.8 Å². The zero-order valence-electron chi connectivity index (χ0n) is 15.0. The van der Waals surface area contributed by atoms with E-state index in [1.54, 1.807) is 24.0 Å². The van der Waals surface area contributed by atoms with Gasteiger partial charge < -0.3 is 14.9 Å². The molecule has 0 atom stereocenters. The Hall–Kier alpha value is -3.56. The number of Topliss-reactive ketones (excluding diaryl/α,β-unsaturated/α-hetero) is 1. The largest absolute Gasteiger partial charge is 0.443 e. The van der Waals surface area contributed by atoms with E-state index >= 15 is 0 Å². The summed E-state index contributed by atoms with van der Waals surface area (Å²) in [4.78, 5) is 24.1. The number of carbonyl (C=O) groups excluding carboxylic acids is 1. The Balaban J connectivity index is 1.63. The van der Waals surface area contributed by atoms with Crippen molar-refractivity contribution in [3.8, 4) is 11.6 Å². The second-order valence-corrected chi connectivity index (χ2v) is 6.29. The minimum atomic E-state index is 0.157. The Morgan fingerprint density at radius 2 is 2.19 bits per heavy atom. The van der Waals surface area contributed by atoms with Crippen LogP contribution < -0.4 is 5.73 Å². The fraction of sp³-hybridized carbons (Fsp3) is 0.294. The number of oxazole rings is 1. The lowest BCUT2D eigenvalue weighted by atomic mass is 10.1. The fourth-order valence-corrected chi connectivity index (χ4v) is 2.81. The molecule has 2 N–H and O–H groups in total. The van der Waals surface area contributed by atoms with Gasteiger partial charge in [-0.3, -0.25) is 4.68 Å². The number of ketones is 1. The van der Waals surface area contributed by atoms with Crippen molar-refractivity contribution in [1.82, 2.24) is 34.3 Å². The Morgan fingerprint density at radius 3 is 2.93 bits per heavy atom. The molecule has 0 radical (unpaired) electrons. The lowest BCUT2D eigenvalue weighted by Crippen LogP contribution is -2.06.